The molecule has 0 saturated carbocycles. The first-order valence-corrected chi connectivity index (χ1v) is 5.29. The van der Waals surface area contributed by atoms with E-state index in [4.69, 9.17) is 22.1 Å². The minimum absolute atomic E-state index is 0.147. The van der Waals surface area contributed by atoms with Gasteiger partial charge in [-0.05, 0) is 24.6 Å². The van der Waals surface area contributed by atoms with Gasteiger partial charge in [-0.3, -0.25) is 0 Å². The highest BCUT2D eigenvalue weighted by molar-refractivity contribution is 6.30. The van der Waals surface area contributed by atoms with Gasteiger partial charge in [0.05, 0.1) is 10.7 Å². The highest BCUT2D eigenvalue weighted by Crippen LogP contribution is 2.30. The summed E-state index contributed by atoms with van der Waals surface area (Å²) in [5.74, 6) is -0.399. The number of halogens is 2. The van der Waals surface area contributed by atoms with Gasteiger partial charge in [-0.25, -0.2) is 9.37 Å². The number of rotatable bonds is 2. The Hall–Kier alpha value is -1.81. The number of anilines is 1. The summed E-state index contributed by atoms with van der Waals surface area (Å²) in [6.07, 6.45) is 1.31. The van der Waals surface area contributed by atoms with Crippen molar-refractivity contribution in [1.82, 2.24) is 4.98 Å². The van der Waals surface area contributed by atoms with Crippen LogP contribution in [0.1, 0.15) is 5.56 Å². The van der Waals surface area contributed by atoms with Crippen molar-refractivity contribution in [2.45, 2.75) is 6.92 Å². The van der Waals surface area contributed by atoms with Gasteiger partial charge >= 0.3 is 0 Å². The van der Waals surface area contributed by atoms with Crippen molar-refractivity contribution in [3.05, 3.63) is 46.9 Å². The number of para-hydroxylation sites is 1. The molecule has 1 aromatic carbocycles. The molecule has 0 radical (unpaired) electrons. The SMILES string of the molecule is Cc1cccc(Oc2ncc(Cl)cc2F)c1N. The summed E-state index contributed by atoms with van der Waals surface area (Å²) < 4.78 is 18.8. The summed E-state index contributed by atoms with van der Waals surface area (Å²) in [6, 6.07) is 6.40. The lowest BCUT2D eigenvalue weighted by Gasteiger charge is -2.09. The fourth-order valence-electron chi connectivity index (χ4n) is 1.32. The molecule has 0 fully saturated rings. The van der Waals surface area contributed by atoms with Crippen molar-refractivity contribution in [3.63, 3.8) is 0 Å². The number of aryl methyl sites for hydroxylation is 1. The molecule has 0 spiro atoms. The first kappa shape index (κ1) is 11.7. The van der Waals surface area contributed by atoms with Crippen LogP contribution in [0.3, 0.4) is 0 Å². The smallest absolute Gasteiger partial charge is 0.256 e. The third kappa shape index (κ3) is 2.47. The minimum atomic E-state index is -0.626. The summed E-state index contributed by atoms with van der Waals surface area (Å²) in [7, 11) is 0. The molecule has 1 heterocycles. The van der Waals surface area contributed by atoms with Crippen molar-refractivity contribution in [2.24, 2.45) is 0 Å². The van der Waals surface area contributed by atoms with Crippen LogP contribution in [-0.4, -0.2) is 4.98 Å². The largest absolute Gasteiger partial charge is 0.434 e. The molecule has 2 rings (SSSR count). The Labute approximate surface area is 103 Å². The summed E-state index contributed by atoms with van der Waals surface area (Å²) in [4.78, 5) is 3.76. The van der Waals surface area contributed by atoms with Crippen molar-refractivity contribution < 1.29 is 9.13 Å². The fourth-order valence-corrected chi connectivity index (χ4v) is 1.47. The average molecular weight is 253 g/mol. The molecule has 0 atom stereocenters. The lowest BCUT2D eigenvalue weighted by atomic mass is 10.2. The van der Waals surface area contributed by atoms with Gasteiger partial charge in [-0.15, -0.1) is 0 Å². The minimum Gasteiger partial charge on any atom is -0.434 e. The summed E-state index contributed by atoms with van der Waals surface area (Å²) in [5, 5.41) is 0.215. The highest BCUT2D eigenvalue weighted by Gasteiger charge is 2.10. The molecule has 0 aliphatic rings. The van der Waals surface area contributed by atoms with Crippen LogP contribution < -0.4 is 10.5 Å². The van der Waals surface area contributed by atoms with Crippen LogP contribution in [-0.2, 0) is 0 Å². The average Bonchev–Trinajstić information content (AvgIpc) is 2.28. The zero-order valence-corrected chi connectivity index (χ0v) is 9.83. The van der Waals surface area contributed by atoms with E-state index >= 15 is 0 Å². The van der Waals surface area contributed by atoms with E-state index < -0.39 is 5.82 Å². The van der Waals surface area contributed by atoms with Crippen molar-refractivity contribution in [2.75, 3.05) is 5.73 Å². The van der Waals surface area contributed by atoms with Gasteiger partial charge < -0.3 is 10.5 Å². The number of hydrogen-bond donors (Lipinski definition) is 1. The molecule has 88 valence electrons. The molecule has 5 heteroatoms. The van der Waals surface area contributed by atoms with E-state index in [-0.39, 0.29) is 10.9 Å². The Bertz CT molecular complexity index is 560. The molecule has 2 aromatic rings. The number of nitrogen functional groups attached to an aromatic ring is 1. The molecule has 0 amide bonds. The molecule has 1 aromatic heterocycles. The molecule has 0 aliphatic carbocycles. The summed E-state index contributed by atoms with van der Waals surface area (Å²) >= 11 is 5.59. The lowest BCUT2D eigenvalue weighted by Crippen LogP contribution is -1.97. The monoisotopic (exact) mass is 252 g/mol. The standard InChI is InChI=1S/C12H10ClFN2O/c1-7-3-2-4-10(11(7)15)17-12-9(14)5-8(13)6-16-12/h2-6H,15H2,1H3. The predicted molar refractivity (Wildman–Crippen MR) is 64.9 cm³/mol. The van der Waals surface area contributed by atoms with E-state index in [0.29, 0.717) is 11.4 Å². The molecular formula is C12H10ClFN2O. The van der Waals surface area contributed by atoms with Gasteiger partial charge in [0.15, 0.2) is 11.6 Å². The van der Waals surface area contributed by atoms with Crippen LogP contribution in [0.5, 0.6) is 11.6 Å². The van der Waals surface area contributed by atoms with Crippen LogP contribution in [0, 0.1) is 12.7 Å². The zero-order chi connectivity index (χ0) is 12.4. The van der Waals surface area contributed by atoms with Crippen molar-refractivity contribution >= 4 is 17.3 Å². The normalized spacial score (nSPS) is 10.3. The van der Waals surface area contributed by atoms with E-state index in [1.54, 1.807) is 12.1 Å². The Morgan fingerprint density at radius 2 is 2.18 bits per heavy atom. The number of ether oxygens (including phenoxy) is 1. The van der Waals surface area contributed by atoms with Gasteiger partial charge in [-0.1, -0.05) is 23.7 Å². The first-order valence-electron chi connectivity index (χ1n) is 4.92. The second-order valence-electron chi connectivity index (χ2n) is 3.53. The first-order chi connectivity index (χ1) is 8.08. The zero-order valence-electron chi connectivity index (χ0n) is 9.08. The Morgan fingerprint density at radius 3 is 2.88 bits per heavy atom. The van der Waals surface area contributed by atoms with E-state index in [9.17, 15) is 4.39 Å². The number of nitrogens with zero attached hydrogens (tertiary/aromatic N) is 1. The molecule has 2 N–H and O–H groups in total. The van der Waals surface area contributed by atoms with E-state index in [0.717, 1.165) is 11.6 Å². The third-order valence-electron chi connectivity index (χ3n) is 2.26. The fraction of sp³-hybridized carbons (Fsp3) is 0.0833. The predicted octanol–water partition coefficient (Wildman–Crippen LogP) is 3.56. The van der Waals surface area contributed by atoms with Crippen LogP contribution in [0.2, 0.25) is 5.02 Å². The molecular weight excluding hydrogens is 243 g/mol. The second-order valence-corrected chi connectivity index (χ2v) is 3.97. The van der Waals surface area contributed by atoms with Gasteiger partial charge in [0, 0.05) is 6.20 Å². The number of benzene rings is 1. The molecule has 0 aliphatic heterocycles. The Balaban J connectivity index is 2.35. The maximum Gasteiger partial charge on any atom is 0.256 e. The molecule has 0 saturated heterocycles. The topological polar surface area (TPSA) is 48.1 Å². The number of aromatic nitrogens is 1. The Morgan fingerprint density at radius 1 is 1.41 bits per heavy atom. The number of hydrogen-bond acceptors (Lipinski definition) is 3. The van der Waals surface area contributed by atoms with E-state index in [1.165, 1.54) is 6.20 Å². The quantitative estimate of drug-likeness (QED) is 0.832. The van der Waals surface area contributed by atoms with E-state index in [1.807, 2.05) is 13.0 Å². The van der Waals surface area contributed by atoms with Gasteiger partial charge in [0.25, 0.3) is 5.88 Å². The van der Waals surface area contributed by atoms with Crippen LogP contribution in [0.15, 0.2) is 30.5 Å². The van der Waals surface area contributed by atoms with E-state index in [2.05, 4.69) is 4.98 Å². The maximum absolute atomic E-state index is 13.5. The third-order valence-corrected chi connectivity index (χ3v) is 2.47. The molecule has 0 bridgehead atoms. The maximum atomic E-state index is 13.5. The highest BCUT2D eigenvalue weighted by atomic mass is 35.5. The van der Waals surface area contributed by atoms with Crippen molar-refractivity contribution in [1.29, 1.82) is 0 Å². The molecule has 0 unspecified atom stereocenters. The lowest BCUT2D eigenvalue weighted by molar-refractivity contribution is 0.424. The van der Waals surface area contributed by atoms with Crippen molar-refractivity contribution in [3.8, 4) is 11.6 Å². The summed E-state index contributed by atoms with van der Waals surface area (Å²) in [5.41, 5.74) is 7.13. The van der Waals surface area contributed by atoms with Crippen LogP contribution in [0.4, 0.5) is 10.1 Å². The molecule has 3 nitrogen and oxygen atoms in total. The van der Waals surface area contributed by atoms with Gasteiger partial charge in [-0.2, -0.15) is 0 Å². The Kier molecular flexibility index (Phi) is 3.15. The number of nitrogens with two attached hydrogens (primary N) is 1. The second kappa shape index (κ2) is 4.59. The molecule has 17 heavy (non-hydrogen) atoms. The summed E-state index contributed by atoms with van der Waals surface area (Å²) in [6.45, 7) is 1.84. The van der Waals surface area contributed by atoms with Crippen LogP contribution >= 0.6 is 11.6 Å². The van der Waals surface area contributed by atoms with Gasteiger partial charge in [0.1, 0.15) is 0 Å². The van der Waals surface area contributed by atoms with Gasteiger partial charge in [0.2, 0.25) is 0 Å². The number of pyridine rings is 1. The van der Waals surface area contributed by atoms with Crippen LogP contribution in [0.25, 0.3) is 0 Å².